The maximum atomic E-state index is 11.2. The van der Waals surface area contributed by atoms with Gasteiger partial charge in [-0.25, -0.2) is 9.78 Å². The molecule has 4 nitrogen and oxygen atoms in total. The fourth-order valence-electron chi connectivity index (χ4n) is 2.34. The predicted octanol–water partition coefficient (Wildman–Crippen LogP) is 4.55. The number of rotatable bonds is 4. The molecule has 0 spiro atoms. The maximum Gasteiger partial charge on any atom is 0.354 e. The van der Waals surface area contributed by atoms with Gasteiger partial charge in [-0.15, -0.1) is 0 Å². The Bertz CT molecular complexity index is 859. The number of carboxylic acids is 1. The topological polar surface area (TPSA) is 55.1 Å². The van der Waals surface area contributed by atoms with Gasteiger partial charge in [0.15, 0.2) is 0 Å². The molecule has 0 radical (unpaired) electrons. The number of nitrogens with zero attached hydrogens (tertiary/aromatic N) is 2. The summed E-state index contributed by atoms with van der Waals surface area (Å²) in [5.41, 5.74) is 3.33. The van der Waals surface area contributed by atoms with Crippen molar-refractivity contribution in [2.45, 2.75) is 6.54 Å². The summed E-state index contributed by atoms with van der Waals surface area (Å²) in [7, 11) is 0. The van der Waals surface area contributed by atoms with E-state index in [0.29, 0.717) is 6.54 Å². The first kappa shape index (κ1) is 16.0. The van der Waals surface area contributed by atoms with Crippen molar-refractivity contribution >= 4 is 40.2 Å². The minimum absolute atomic E-state index is 0.0803. The van der Waals surface area contributed by atoms with E-state index in [1.54, 1.807) is 0 Å². The van der Waals surface area contributed by atoms with E-state index in [4.69, 9.17) is 16.7 Å². The summed E-state index contributed by atoms with van der Waals surface area (Å²) in [5.74, 6) is -1.04. The van der Waals surface area contributed by atoms with Crippen LogP contribution in [0.1, 0.15) is 16.1 Å². The fraction of sp³-hybridized carbons (Fsp3) is 0.0588. The van der Waals surface area contributed by atoms with Crippen molar-refractivity contribution in [2.24, 2.45) is 0 Å². The van der Waals surface area contributed by atoms with Crippen molar-refractivity contribution in [1.82, 2.24) is 9.55 Å². The highest BCUT2D eigenvalue weighted by molar-refractivity contribution is 14.1. The van der Waals surface area contributed by atoms with Crippen LogP contribution in [-0.4, -0.2) is 20.6 Å². The molecule has 0 aliphatic heterocycles. The molecule has 0 aliphatic carbocycles. The summed E-state index contributed by atoms with van der Waals surface area (Å²) in [6, 6.07) is 16.2. The molecule has 23 heavy (non-hydrogen) atoms. The SMILES string of the molecule is O=C(O)c1cnc(Cl)n1Cc1ccc(-c2ccccc2I)cc1. The average Bonchev–Trinajstić information content (AvgIpc) is 2.90. The van der Waals surface area contributed by atoms with E-state index in [0.717, 1.165) is 11.1 Å². The number of hydrogen-bond acceptors (Lipinski definition) is 2. The van der Waals surface area contributed by atoms with Gasteiger partial charge in [-0.3, -0.25) is 0 Å². The zero-order valence-electron chi connectivity index (χ0n) is 11.9. The van der Waals surface area contributed by atoms with Gasteiger partial charge in [-0.1, -0.05) is 42.5 Å². The Morgan fingerprint density at radius 2 is 1.87 bits per heavy atom. The summed E-state index contributed by atoms with van der Waals surface area (Å²) >= 11 is 8.29. The van der Waals surface area contributed by atoms with Gasteiger partial charge < -0.3 is 9.67 Å². The van der Waals surface area contributed by atoms with Gasteiger partial charge in [0.1, 0.15) is 5.69 Å². The Morgan fingerprint density at radius 1 is 1.17 bits per heavy atom. The minimum atomic E-state index is -1.04. The predicted molar refractivity (Wildman–Crippen MR) is 97.9 cm³/mol. The smallest absolute Gasteiger partial charge is 0.354 e. The molecule has 1 aromatic heterocycles. The number of aromatic carboxylic acids is 1. The molecule has 1 N–H and O–H groups in total. The Hall–Kier alpha value is -1.86. The minimum Gasteiger partial charge on any atom is -0.477 e. The molecule has 3 aromatic rings. The van der Waals surface area contributed by atoms with Gasteiger partial charge in [0.2, 0.25) is 5.28 Å². The second-order valence-electron chi connectivity index (χ2n) is 4.98. The Labute approximate surface area is 151 Å². The molecule has 0 unspecified atom stereocenters. The lowest BCUT2D eigenvalue weighted by Gasteiger charge is -2.09. The monoisotopic (exact) mass is 438 g/mol. The van der Waals surface area contributed by atoms with Crippen LogP contribution >= 0.6 is 34.2 Å². The zero-order valence-corrected chi connectivity index (χ0v) is 14.8. The molecule has 0 aliphatic rings. The second kappa shape index (κ2) is 6.72. The van der Waals surface area contributed by atoms with Crippen molar-refractivity contribution < 1.29 is 9.90 Å². The number of imidazole rings is 1. The van der Waals surface area contributed by atoms with Crippen molar-refractivity contribution in [3.63, 3.8) is 0 Å². The third-order valence-electron chi connectivity index (χ3n) is 3.51. The number of aromatic nitrogens is 2. The van der Waals surface area contributed by atoms with E-state index in [1.807, 2.05) is 36.4 Å². The molecule has 1 heterocycles. The maximum absolute atomic E-state index is 11.2. The van der Waals surface area contributed by atoms with Crippen molar-refractivity contribution in [3.05, 3.63) is 74.8 Å². The highest BCUT2D eigenvalue weighted by Gasteiger charge is 2.14. The van der Waals surface area contributed by atoms with Crippen LogP contribution in [0.25, 0.3) is 11.1 Å². The lowest BCUT2D eigenvalue weighted by molar-refractivity contribution is 0.0685. The van der Waals surface area contributed by atoms with Crippen LogP contribution in [0.4, 0.5) is 0 Å². The highest BCUT2D eigenvalue weighted by atomic mass is 127. The summed E-state index contributed by atoms with van der Waals surface area (Å²) < 4.78 is 2.66. The normalized spacial score (nSPS) is 10.7. The molecule has 0 amide bonds. The van der Waals surface area contributed by atoms with Gasteiger partial charge in [0.25, 0.3) is 0 Å². The van der Waals surface area contributed by atoms with E-state index in [2.05, 4.69) is 39.7 Å². The third-order valence-corrected chi connectivity index (χ3v) is 4.75. The first-order valence-corrected chi connectivity index (χ1v) is 8.30. The molecule has 0 bridgehead atoms. The number of hydrogen-bond donors (Lipinski definition) is 1. The van der Waals surface area contributed by atoms with Crippen molar-refractivity contribution in [2.75, 3.05) is 0 Å². The summed E-state index contributed by atoms with van der Waals surface area (Å²) in [6.07, 6.45) is 1.27. The van der Waals surface area contributed by atoms with Crippen LogP contribution in [0.5, 0.6) is 0 Å². The lowest BCUT2D eigenvalue weighted by Crippen LogP contribution is -2.09. The number of benzene rings is 2. The van der Waals surface area contributed by atoms with Crippen LogP contribution in [0.15, 0.2) is 54.7 Å². The molecule has 0 atom stereocenters. The van der Waals surface area contributed by atoms with Crippen LogP contribution in [0.2, 0.25) is 5.28 Å². The van der Waals surface area contributed by atoms with Crippen molar-refractivity contribution in [1.29, 1.82) is 0 Å². The molecule has 2 aromatic carbocycles. The summed E-state index contributed by atoms with van der Waals surface area (Å²) in [5, 5.41) is 9.33. The van der Waals surface area contributed by atoms with E-state index in [9.17, 15) is 4.79 Å². The second-order valence-corrected chi connectivity index (χ2v) is 6.48. The highest BCUT2D eigenvalue weighted by Crippen LogP contribution is 2.25. The fourth-order valence-corrected chi connectivity index (χ4v) is 3.24. The Balaban J connectivity index is 1.88. The summed E-state index contributed by atoms with van der Waals surface area (Å²) in [6.45, 7) is 0.368. The van der Waals surface area contributed by atoms with Gasteiger partial charge in [0.05, 0.1) is 12.7 Å². The third kappa shape index (κ3) is 3.40. The number of carboxylic acid groups (broad SMARTS) is 1. The van der Waals surface area contributed by atoms with Crippen LogP contribution in [0, 0.1) is 3.57 Å². The molecule has 0 fully saturated rings. The molecular weight excluding hydrogens is 427 g/mol. The van der Waals surface area contributed by atoms with Crippen LogP contribution in [0.3, 0.4) is 0 Å². The number of carbonyl (C=O) groups is 1. The molecular formula is C17H12ClIN2O2. The average molecular weight is 439 g/mol. The first-order chi connectivity index (χ1) is 11.1. The molecule has 0 saturated carbocycles. The van der Waals surface area contributed by atoms with Gasteiger partial charge >= 0.3 is 5.97 Å². The van der Waals surface area contributed by atoms with Crippen LogP contribution < -0.4 is 0 Å². The molecule has 0 saturated heterocycles. The standard InChI is InChI=1S/C17H12ClIN2O2/c18-17-20-9-15(16(22)23)21(17)10-11-5-7-12(8-6-11)13-3-1-2-4-14(13)19/h1-9H,10H2,(H,22,23). The zero-order chi connectivity index (χ0) is 16.4. The molecule has 6 heteroatoms. The number of halogens is 2. The quantitative estimate of drug-likeness (QED) is 0.608. The van der Waals surface area contributed by atoms with E-state index in [-0.39, 0.29) is 11.0 Å². The molecule has 116 valence electrons. The van der Waals surface area contributed by atoms with E-state index in [1.165, 1.54) is 19.9 Å². The van der Waals surface area contributed by atoms with Crippen molar-refractivity contribution in [3.8, 4) is 11.1 Å². The van der Waals surface area contributed by atoms with Gasteiger partial charge in [-0.2, -0.15) is 0 Å². The first-order valence-electron chi connectivity index (χ1n) is 6.84. The Kier molecular flexibility index (Phi) is 4.68. The Morgan fingerprint density at radius 3 is 2.52 bits per heavy atom. The van der Waals surface area contributed by atoms with Gasteiger partial charge in [0, 0.05) is 3.57 Å². The molecule has 3 rings (SSSR count). The largest absolute Gasteiger partial charge is 0.477 e. The van der Waals surface area contributed by atoms with Crippen LogP contribution in [-0.2, 0) is 6.54 Å². The summed E-state index contributed by atoms with van der Waals surface area (Å²) in [4.78, 5) is 15.0. The lowest BCUT2D eigenvalue weighted by atomic mass is 10.0. The van der Waals surface area contributed by atoms with Gasteiger partial charge in [-0.05, 0) is 56.9 Å². The van der Waals surface area contributed by atoms with E-state index < -0.39 is 5.97 Å². The van der Waals surface area contributed by atoms with E-state index >= 15 is 0 Å².